The van der Waals surface area contributed by atoms with Gasteiger partial charge in [-0.05, 0) is 31.4 Å². The number of hydrogen-bond donors (Lipinski definition) is 1. The monoisotopic (exact) mass is 301 g/mol. The van der Waals surface area contributed by atoms with E-state index in [4.69, 9.17) is 11.6 Å². The summed E-state index contributed by atoms with van der Waals surface area (Å²) in [6, 6.07) is 1.99. The van der Waals surface area contributed by atoms with Gasteiger partial charge in [0.15, 0.2) is 0 Å². The first-order chi connectivity index (χ1) is 9.47. The van der Waals surface area contributed by atoms with Gasteiger partial charge in [-0.25, -0.2) is 8.78 Å². The molecule has 1 N–H and O–H groups in total. The molecule has 0 heterocycles. The lowest BCUT2D eigenvalue weighted by molar-refractivity contribution is 0.0931. The lowest BCUT2D eigenvalue weighted by atomic mass is 9.88. The number of rotatable bonds is 4. The molecule has 1 fully saturated rings. The van der Waals surface area contributed by atoms with E-state index >= 15 is 0 Å². The van der Waals surface area contributed by atoms with Crippen molar-refractivity contribution in [2.45, 2.75) is 32.6 Å². The van der Waals surface area contributed by atoms with Crippen molar-refractivity contribution in [2.24, 2.45) is 5.41 Å². The van der Waals surface area contributed by atoms with E-state index in [1.807, 2.05) is 0 Å². The van der Waals surface area contributed by atoms with Gasteiger partial charge >= 0.3 is 0 Å². The predicted octanol–water partition coefficient (Wildman–Crippen LogP) is 3.80. The molecule has 1 aliphatic carbocycles. The zero-order valence-electron chi connectivity index (χ0n) is 11.4. The van der Waals surface area contributed by atoms with Crippen LogP contribution in [-0.2, 0) is 0 Å². The quantitative estimate of drug-likeness (QED) is 0.842. The summed E-state index contributed by atoms with van der Waals surface area (Å²) >= 11 is 6.00. The second-order valence-corrected chi connectivity index (χ2v) is 5.87. The van der Waals surface area contributed by atoms with E-state index in [0.717, 1.165) is 31.7 Å². The molecule has 0 radical (unpaired) electrons. The maximum absolute atomic E-state index is 13.6. The van der Waals surface area contributed by atoms with E-state index in [1.165, 1.54) is 13.0 Å². The standard InChI is InChI=1S/C15H18ClF2NO/c1-10-6-11(13(18)7-12(10)17)14(20)19-9-15(8-16)4-2-3-5-15/h6-7H,2-5,8-9H2,1H3,(H,19,20). The summed E-state index contributed by atoms with van der Waals surface area (Å²) in [5.74, 6) is -1.51. The molecule has 2 nitrogen and oxygen atoms in total. The Morgan fingerprint density at radius 3 is 2.55 bits per heavy atom. The highest BCUT2D eigenvalue weighted by Gasteiger charge is 2.33. The third-order valence-electron chi connectivity index (χ3n) is 4.06. The van der Waals surface area contributed by atoms with E-state index in [9.17, 15) is 13.6 Å². The number of alkyl halides is 1. The summed E-state index contributed by atoms with van der Waals surface area (Å²) in [6.07, 6.45) is 4.16. The average molecular weight is 302 g/mol. The minimum atomic E-state index is -0.836. The molecule has 1 saturated carbocycles. The Bertz CT molecular complexity index is 513. The van der Waals surface area contributed by atoms with Crippen molar-refractivity contribution in [3.63, 3.8) is 0 Å². The maximum Gasteiger partial charge on any atom is 0.254 e. The van der Waals surface area contributed by atoms with E-state index in [1.54, 1.807) is 0 Å². The molecule has 1 aromatic rings. The SMILES string of the molecule is Cc1cc(C(=O)NCC2(CCl)CCCC2)c(F)cc1F. The Kier molecular flexibility index (Phi) is 4.63. The summed E-state index contributed by atoms with van der Waals surface area (Å²) in [4.78, 5) is 12.0. The van der Waals surface area contributed by atoms with Gasteiger partial charge in [-0.15, -0.1) is 11.6 Å². The third-order valence-corrected chi connectivity index (χ3v) is 4.63. The van der Waals surface area contributed by atoms with Crippen molar-refractivity contribution >= 4 is 17.5 Å². The van der Waals surface area contributed by atoms with Crippen LogP contribution in [0.1, 0.15) is 41.6 Å². The second kappa shape index (κ2) is 6.08. The van der Waals surface area contributed by atoms with E-state index in [-0.39, 0.29) is 16.5 Å². The molecule has 0 spiro atoms. The fourth-order valence-corrected chi connectivity index (χ4v) is 3.04. The highest BCUT2D eigenvalue weighted by molar-refractivity contribution is 6.18. The fraction of sp³-hybridized carbons (Fsp3) is 0.533. The van der Waals surface area contributed by atoms with Crippen LogP contribution in [0.2, 0.25) is 0 Å². The number of aryl methyl sites for hydroxylation is 1. The van der Waals surface area contributed by atoms with Crippen LogP contribution in [0.15, 0.2) is 12.1 Å². The van der Waals surface area contributed by atoms with Gasteiger partial charge in [-0.1, -0.05) is 12.8 Å². The van der Waals surface area contributed by atoms with Crippen LogP contribution >= 0.6 is 11.6 Å². The van der Waals surface area contributed by atoms with Gasteiger partial charge < -0.3 is 5.32 Å². The molecule has 0 bridgehead atoms. The molecule has 110 valence electrons. The molecular weight excluding hydrogens is 284 g/mol. The van der Waals surface area contributed by atoms with Crippen molar-refractivity contribution in [1.82, 2.24) is 5.32 Å². The predicted molar refractivity (Wildman–Crippen MR) is 75.0 cm³/mol. The highest BCUT2D eigenvalue weighted by atomic mass is 35.5. The molecule has 2 rings (SSSR count). The van der Waals surface area contributed by atoms with Crippen molar-refractivity contribution < 1.29 is 13.6 Å². The summed E-state index contributed by atoms with van der Waals surface area (Å²) in [5.41, 5.74) is 0.0547. The van der Waals surface area contributed by atoms with Crippen molar-refractivity contribution in [1.29, 1.82) is 0 Å². The summed E-state index contributed by atoms with van der Waals surface area (Å²) in [6.45, 7) is 1.94. The van der Waals surface area contributed by atoms with Crippen molar-refractivity contribution in [2.75, 3.05) is 12.4 Å². The normalized spacial score (nSPS) is 17.2. The number of carbonyl (C=O) groups is 1. The van der Waals surface area contributed by atoms with Crippen LogP contribution in [-0.4, -0.2) is 18.3 Å². The molecule has 1 aromatic carbocycles. The fourth-order valence-electron chi connectivity index (χ4n) is 2.68. The molecule has 5 heteroatoms. The zero-order chi connectivity index (χ0) is 14.8. The number of nitrogens with one attached hydrogen (secondary N) is 1. The van der Waals surface area contributed by atoms with Crippen molar-refractivity contribution in [3.05, 3.63) is 34.9 Å². The molecule has 0 saturated heterocycles. The summed E-state index contributed by atoms with van der Waals surface area (Å²) < 4.78 is 26.8. The van der Waals surface area contributed by atoms with Gasteiger partial charge in [-0.2, -0.15) is 0 Å². The largest absolute Gasteiger partial charge is 0.351 e. The third kappa shape index (κ3) is 3.11. The first-order valence-corrected chi connectivity index (χ1v) is 7.31. The van der Waals surface area contributed by atoms with Gasteiger partial charge in [0.25, 0.3) is 5.91 Å². The van der Waals surface area contributed by atoms with Crippen molar-refractivity contribution in [3.8, 4) is 0 Å². The molecule has 0 aromatic heterocycles. The molecule has 1 amide bonds. The average Bonchev–Trinajstić information content (AvgIpc) is 2.90. The lowest BCUT2D eigenvalue weighted by Gasteiger charge is -2.26. The van der Waals surface area contributed by atoms with Crippen LogP contribution in [0, 0.1) is 24.0 Å². The van der Waals surface area contributed by atoms with E-state index < -0.39 is 17.5 Å². The zero-order valence-corrected chi connectivity index (χ0v) is 12.2. The molecule has 20 heavy (non-hydrogen) atoms. The molecule has 1 aliphatic rings. The van der Waals surface area contributed by atoms with Crippen LogP contribution < -0.4 is 5.32 Å². The smallest absolute Gasteiger partial charge is 0.254 e. The Hall–Kier alpha value is -1.16. The number of carbonyl (C=O) groups excluding carboxylic acids is 1. The molecular formula is C15H18ClF2NO. The van der Waals surface area contributed by atoms with Crippen LogP contribution in [0.25, 0.3) is 0 Å². The Labute approximate surface area is 122 Å². The van der Waals surface area contributed by atoms with Gasteiger partial charge in [-0.3, -0.25) is 4.79 Å². The molecule has 0 unspecified atom stereocenters. The van der Waals surface area contributed by atoms with Crippen LogP contribution in [0.3, 0.4) is 0 Å². The number of amides is 1. The Morgan fingerprint density at radius 1 is 1.30 bits per heavy atom. The summed E-state index contributed by atoms with van der Waals surface area (Å²) in [7, 11) is 0. The van der Waals surface area contributed by atoms with Crippen LogP contribution in [0.4, 0.5) is 8.78 Å². The van der Waals surface area contributed by atoms with Gasteiger partial charge in [0.05, 0.1) is 5.56 Å². The van der Waals surface area contributed by atoms with Gasteiger partial charge in [0, 0.05) is 23.9 Å². The molecule has 0 aliphatic heterocycles. The van der Waals surface area contributed by atoms with E-state index in [0.29, 0.717) is 12.4 Å². The molecule has 0 atom stereocenters. The minimum Gasteiger partial charge on any atom is -0.351 e. The lowest BCUT2D eigenvalue weighted by Crippen LogP contribution is -2.37. The van der Waals surface area contributed by atoms with Gasteiger partial charge in [0.1, 0.15) is 11.6 Å². The number of benzene rings is 1. The Morgan fingerprint density at radius 2 is 1.95 bits per heavy atom. The first kappa shape index (κ1) is 15.2. The maximum atomic E-state index is 13.6. The highest BCUT2D eigenvalue weighted by Crippen LogP contribution is 2.38. The van der Waals surface area contributed by atoms with Crippen LogP contribution in [0.5, 0.6) is 0 Å². The topological polar surface area (TPSA) is 29.1 Å². The van der Waals surface area contributed by atoms with E-state index in [2.05, 4.69) is 5.32 Å². The number of hydrogen-bond acceptors (Lipinski definition) is 1. The number of halogens is 3. The van der Waals surface area contributed by atoms with Gasteiger partial charge in [0.2, 0.25) is 0 Å². The summed E-state index contributed by atoms with van der Waals surface area (Å²) in [5, 5.41) is 2.73. The first-order valence-electron chi connectivity index (χ1n) is 6.77. The second-order valence-electron chi connectivity index (χ2n) is 5.60. The minimum absolute atomic E-state index is 0.0806. The Balaban J connectivity index is 2.07.